The minimum Gasteiger partial charge on any atom is -0.452 e. The average Bonchev–Trinajstić information content (AvgIpc) is 3.01. The van der Waals surface area contributed by atoms with Gasteiger partial charge in [0.05, 0.1) is 11.1 Å². The van der Waals surface area contributed by atoms with Gasteiger partial charge in [-0.05, 0) is 48.9 Å². The van der Waals surface area contributed by atoms with Gasteiger partial charge in [-0.2, -0.15) is 5.26 Å². The van der Waals surface area contributed by atoms with Crippen molar-refractivity contribution < 1.29 is 14.3 Å². The Kier molecular flexibility index (Phi) is 6.00. The van der Waals surface area contributed by atoms with Crippen molar-refractivity contribution in [1.29, 1.82) is 5.26 Å². The molecule has 1 aliphatic rings. The number of anilines is 2. The van der Waals surface area contributed by atoms with Crippen LogP contribution < -0.4 is 10.2 Å². The summed E-state index contributed by atoms with van der Waals surface area (Å²) in [6.45, 7) is 1.80. The van der Waals surface area contributed by atoms with E-state index in [4.69, 9.17) is 4.74 Å². The molecule has 28 heavy (non-hydrogen) atoms. The Hall–Kier alpha value is -2.85. The van der Waals surface area contributed by atoms with Gasteiger partial charge in [-0.3, -0.25) is 4.79 Å². The Bertz CT molecular complexity index is 943. The van der Waals surface area contributed by atoms with Crippen LogP contribution in [0.4, 0.5) is 10.7 Å². The van der Waals surface area contributed by atoms with Gasteiger partial charge in [-0.1, -0.05) is 13.0 Å². The maximum absolute atomic E-state index is 12.3. The number of fused-ring (bicyclic) bond motifs is 1. The molecule has 1 amide bonds. The summed E-state index contributed by atoms with van der Waals surface area (Å²) >= 11 is 1.45. The molecule has 1 atom stereocenters. The van der Waals surface area contributed by atoms with Crippen LogP contribution in [0.1, 0.15) is 39.7 Å². The first kappa shape index (κ1) is 19.9. The molecule has 0 unspecified atom stereocenters. The molecule has 146 valence electrons. The number of amides is 1. The number of carbonyl (C=O) groups is 2. The van der Waals surface area contributed by atoms with E-state index in [0.717, 1.165) is 30.5 Å². The highest BCUT2D eigenvalue weighted by atomic mass is 32.1. The molecule has 0 bridgehead atoms. The van der Waals surface area contributed by atoms with Crippen molar-refractivity contribution >= 4 is 33.9 Å². The Labute approximate surface area is 168 Å². The summed E-state index contributed by atoms with van der Waals surface area (Å²) in [5.41, 5.74) is 2.86. The van der Waals surface area contributed by atoms with Crippen LogP contribution >= 0.6 is 11.3 Å². The number of nitrogens with one attached hydrogen (secondary N) is 1. The highest BCUT2D eigenvalue weighted by Crippen LogP contribution is 2.39. The van der Waals surface area contributed by atoms with Crippen LogP contribution in [0.3, 0.4) is 0 Å². The summed E-state index contributed by atoms with van der Waals surface area (Å²) in [6, 6.07) is 9.22. The van der Waals surface area contributed by atoms with E-state index in [1.54, 1.807) is 18.2 Å². The third-order valence-electron chi connectivity index (χ3n) is 4.81. The third-order valence-corrected chi connectivity index (χ3v) is 5.98. The lowest BCUT2D eigenvalue weighted by Crippen LogP contribution is -2.21. The molecule has 0 aliphatic heterocycles. The largest absolute Gasteiger partial charge is 0.452 e. The van der Waals surface area contributed by atoms with Crippen molar-refractivity contribution in [3.05, 3.63) is 45.8 Å². The smallest absolute Gasteiger partial charge is 0.338 e. The van der Waals surface area contributed by atoms with Crippen LogP contribution in [0.5, 0.6) is 0 Å². The fraction of sp³-hybridized carbons (Fsp3) is 0.381. The molecule has 1 aromatic carbocycles. The second-order valence-electron chi connectivity index (χ2n) is 7.24. The number of thiophene rings is 1. The zero-order chi connectivity index (χ0) is 20.3. The molecule has 0 spiro atoms. The Morgan fingerprint density at radius 2 is 2.18 bits per heavy atom. The topological polar surface area (TPSA) is 82.4 Å². The van der Waals surface area contributed by atoms with Crippen LogP contribution in [0.2, 0.25) is 0 Å². The molecule has 0 fully saturated rings. The predicted octanol–water partition coefficient (Wildman–Crippen LogP) is 3.61. The SMILES string of the molecule is C[C@H]1CCc2c(sc(NC(=O)COC(=O)c3cccc(N(C)C)c3)c2C#N)C1. The molecule has 1 N–H and O–H groups in total. The number of esters is 1. The van der Waals surface area contributed by atoms with Crippen molar-refractivity contribution in [3.8, 4) is 6.07 Å². The van der Waals surface area contributed by atoms with E-state index in [9.17, 15) is 14.9 Å². The van der Waals surface area contributed by atoms with Gasteiger partial charge in [0.15, 0.2) is 6.61 Å². The van der Waals surface area contributed by atoms with Gasteiger partial charge in [0.2, 0.25) is 0 Å². The standard InChI is InChI=1S/C21H23N3O3S/c1-13-7-8-16-17(11-22)20(28-18(16)9-13)23-19(25)12-27-21(26)14-5-4-6-15(10-14)24(2)3/h4-6,10,13H,7-9,12H2,1-3H3,(H,23,25)/t13-/m0/s1. The highest BCUT2D eigenvalue weighted by Gasteiger charge is 2.24. The Balaban J connectivity index is 1.63. The van der Waals surface area contributed by atoms with E-state index in [-0.39, 0.29) is 0 Å². The number of nitrogens with zero attached hydrogens (tertiary/aromatic N) is 2. The van der Waals surface area contributed by atoms with E-state index < -0.39 is 18.5 Å². The number of ether oxygens (including phenoxy) is 1. The second kappa shape index (κ2) is 8.44. The van der Waals surface area contributed by atoms with Crippen LogP contribution in [-0.4, -0.2) is 32.6 Å². The van der Waals surface area contributed by atoms with Crippen molar-refractivity contribution in [3.63, 3.8) is 0 Å². The minimum absolute atomic E-state index is 0.386. The van der Waals surface area contributed by atoms with E-state index in [1.165, 1.54) is 16.2 Å². The summed E-state index contributed by atoms with van der Waals surface area (Å²) in [4.78, 5) is 27.5. The summed E-state index contributed by atoms with van der Waals surface area (Å²) in [5, 5.41) is 12.8. The lowest BCUT2D eigenvalue weighted by atomic mass is 9.89. The molecule has 7 heteroatoms. The zero-order valence-electron chi connectivity index (χ0n) is 16.2. The maximum Gasteiger partial charge on any atom is 0.338 e. The number of hydrogen-bond donors (Lipinski definition) is 1. The minimum atomic E-state index is -0.557. The van der Waals surface area contributed by atoms with Crippen LogP contribution in [0.15, 0.2) is 24.3 Å². The molecular weight excluding hydrogens is 374 g/mol. The van der Waals surface area contributed by atoms with Crippen LogP contribution in [0, 0.1) is 17.2 Å². The number of rotatable bonds is 5. The molecule has 3 rings (SSSR count). The number of nitriles is 1. The maximum atomic E-state index is 12.3. The second-order valence-corrected chi connectivity index (χ2v) is 8.34. The quantitative estimate of drug-likeness (QED) is 0.780. The molecule has 2 aromatic rings. The molecular formula is C21H23N3O3S. The van der Waals surface area contributed by atoms with E-state index in [0.29, 0.717) is 22.0 Å². The van der Waals surface area contributed by atoms with Gasteiger partial charge in [0.1, 0.15) is 11.1 Å². The van der Waals surface area contributed by atoms with Gasteiger partial charge >= 0.3 is 5.97 Å². The summed E-state index contributed by atoms with van der Waals surface area (Å²) in [7, 11) is 3.76. The van der Waals surface area contributed by atoms with Crippen LogP contribution in [0.25, 0.3) is 0 Å². The molecule has 1 heterocycles. The summed E-state index contributed by atoms with van der Waals surface area (Å²) in [5.74, 6) is -0.418. The monoisotopic (exact) mass is 397 g/mol. The Morgan fingerprint density at radius 1 is 1.39 bits per heavy atom. The van der Waals surface area contributed by atoms with Crippen molar-refractivity contribution in [2.45, 2.75) is 26.2 Å². The highest BCUT2D eigenvalue weighted by molar-refractivity contribution is 7.16. The lowest BCUT2D eigenvalue weighted by molar-refractivity contribution is -0.119. The van der Waals surface area contributed by atoms with Crippen molar-refractivity contribution in [2.75, 3.05) is 30.9 Å². The summed E-state index contributed by atoms with van der Waals surface area (Å²) < 4.78 is 5.14. The molecule has 6 nitrogen and oxygen atoms in total. The number of hydrogen-bond acceptors (Lipinski definition) is 6. The zero-order valence-corrected chi connectivity index (χ0v) is 17.1. The van der Waals surface area contributed by atoms with Gasteiger partial charge in [0, 0.05) is 24.7 Å². The average molecular weight is 398 g/mol. The van der Waals surface area contributed by atoms with Crippen molar-refractivity contribution in [1.82, 2.24) is 0 Å². The fourth-order valence-electron chi connectivity index (χ4n) is 3.25. The van der Waals surface area contributed by atoms with E-state index >= 15 is 0 Å². The normalized spacial score (nSPS) is 15.3. The van der Waals surface area contributed by atoms with Gasteiger partial charge in [-0.15, -0.1) is 11.3 Å². The van der Waals surface area contributed by atoms with Crippen LogP contribution in [-0.2, 0) is 22.4 Å². The van der Waals surface area contributed by atoms with E-state index in [2.05, 4.69) is 18.3 Å². The van der Waals surface area contributed by atoms with Gasteiger partial charge < -0.3 is 15.0 Å². The molecule has 1 aliphatic carbocycles. The number of carbonyl (C=O) groups excluding carboxylic acids is 2. The molecule has 0 saturated heterocycles. The van der Waals surface area contributed by atoms with Gasteiger partial charge in [0.25, 0.3) is 5.91 Å². The Morgan fingerprint density at radius 3 is 2.89 bits per heavy atom. The molecule has 0 saturated carbocycles. The van der Waals surface area contributed by atoms with Gasteiger partial charge in [-0.25, -0.2) is 4.79 Å². The first-order chi connectivity index (χ1) is 13.4. The fourth-order valence-corrected chi connectivity index (χ4v) is 4.62. The first-order valence-electron chi connectivity index (χ1n) is 9.18. The first-order valence-corrected chi connectivity index (χ1v) is 9.99. The molecule has 1 aromatic heterocycles. The molecule has 0 radical (unpaired) electrons. The number of benzene rings is 1. The lowest BCUT2D eigenvalue weighted by Gasteiger charge is -2.17. The third kappa shape index (κ3) is 4.34. The van der Waals surface area contributed by atoms with Crippen molar-refractivity contribution in [2.24, 2.45) is 5.92 Å². The predicted molar refractivity (Wildman–Crippen MR) is 110 cm³/mol. The summed E-state index contributed by atoms with van der Waals surface area (Å²) in [6.07, 6.45) is 2.85. The van der Waals surface area contributed by atoms with E-state index in [1.807, 2.05) is 25.1 Å².